The maximum atomic E-state index is 12.4. The quantitative estimate of drug-likeness (QED) is 0.736. The maximum absolute atomic E-state index is 12.4. The van der Waals surface area contributed by atoms with Crippen molar-refractivity contribution in [3.05, 3.63) is 54.2 Å². The van der Waals surface area contributed by atoms with E-state index in [0.29, 0.717) is 31.2 Å². The lowest BCUT2D eigenvalue weighted by Crippen LogP contribution is -2.39. The van der Waals surface area contributed by atoms with Gasteiger partial charge in [-0.1, -0.05) is 12.1 Å². The molecule has 1 unspecified atom stereocenters. The summed E-state index contributed by atoms with van der Waals surface area (Å²) in [6.45, 7) is 3.15. The zero-order valence-corrected chi connectivity index (χ0v) is 15.3. The van der Waals surface area contributed by atoms with Gasteiger partial charge in [-0.05, 0) is 30.3 Å². The zero-order valence-electron chi connectivity index (χ0n) is 15.3. The number of carbonyl (C=O) groups excluding carboxylic acids is 1. The lowest BCUT2D eigenvalue weighted by atomic mass is 10.1. The molecule has 3 heterocycles. The van der Waals surface area contributed by atoms with Crippen LogP contribution in [-0.4, -0.2) is 48.2 Å². The number of aromatic nitrogens is 2. The first kappa shape index (κ1) is 17.1. The van der Waals surface area contributed by atoms with Crippen LogP contribution in [0.1, 0.15) is 10.4 Å². The van der Waals surface area contributed by atoms with Gasteiger partial charge in [0.25, 0.3) is 5.91 Å². The third-order valence-corrected chi connectivity index (χ3v) is 5.03. The van der Waals surface area contributed by atoms with Crippen molar-refractivity contribution >= 4 is 16.8 Å². The number of amides is 1. The second-order valence-corrected chi connectivity index (χ2v) is 7.24. The van der Waals surface area contributed by atoms with E-state index in [1.165, 1.54) is 0 Å². The van der Waals surface area contributed by atoms with Crippen molar-refractivity contribution in [2.24, 2.45) is 5.92 Å². The Bertz CT molecular complexity index is 1010. The molecule has 7 nitrogen and oxygen atoms in total. The fourth-order valence-electron chi connectivity index (χ4n) is 3.41. The third kappa shape index (κ3) is 3.41. The summed E-state index contributed by atoms with van der Waals surface area (Å²) < 4.78 is 18.8. The monoisotopic (exact) mass is 379 g/mol. The van der Waals surface area contributed by atoms with Crippen LogP contribution in [0.2, 0.25) is 0 Å². The van der Waals surface area contributed by atoms with Crippen molar-refractivity contribution in [1.29, 1.82) is 0 Å². The van der Waals surface area contributed by atoms with E-state index in [2.05, 4.69) is 10.4 Å². The molecule has 1 aromatic heterocycles. The van der Waals surface area contributed by atoms with E-state index in [1.807, 2.05) is 53.3 Å². The van der Waals surface area contributed by atoms with Crippen LogP contribution in [0.15, 0.2) is 48.7 Å². The van der Waals surface area contributed by atoms with E-state index >= 15 is 0 Å². The van der Waals surface area contributed by atoms with Crippen molar-refractivity contribution < 1.29 is 19.0 Å². The summed E-state index contributed by atoms with van der Waals surface area (Å²) in [5.74, 6) is 1.89. The lowest BCUT2D eigenvalue weighted by Gasteiger charge is -2.26. The summed E-state index contributed by atoms with van der Waals surface area (Å²) in [6, 6.07) is 13.2. The SMILES string of the molecule is O=C(NCC1COC1)c1ccc2nn(CC3COc4ccccc4O3)cc2c1. The summed E-state index contributed by atoms with van der Waals surface area (Å²) in [5.41, 5.74) is 1.49. The molecule has 1 fully saturated rings. The Morgan fingerprint density at radius 2 is 2.00 bits per heavy atom. The topological polar surface area (TPSA) is 74.6 Å². The van der Waals surface area contributed by atoms with Gasteiger partial charge in [0.1, 0.15) is 6.61 Å². The number of ether oxygens (including phenoxy) is 3. The summed E-state index contributed by atoms with van der Waals surface area (Å²) >= 11 is 0. The summed E-state index contributed by atoms with van der Waals surface area (Å²) in [5, 5.41) is 8.49. The minimum Gasteiger partial charge on any atom is -0.486 e. The van der Waals surface area contributed by atoms with Crippen molar-refractivity contribution in [2.45, 2.75) is 12.6 Å². The number of benzene rings is 2. The summed E-state index contributed by atoms with van der Waals surface area (Å²) in [4.78, 5) is 12.4. The fourth-order valence-corrected chi connectivity index (χ4v) is 3.41. The zero-order chi connectivity index (χ0) is 18.9. The molecule has 7 heteroatoms. The first-order chi connectivity index (χ1) is 13.7. The maximum Gasteiger partial charge on any atom is 0.251 e. The van der Waals surface area contributed by atoms with Crippen LogP contribution in [0.4, 0.5) is 0 Å². The van der Waals surface area contributed by atoms with Crippen LogP contribution in [0.25, 0.3) is 10.9 Å². The van der Waals surface area contributed by atoms with Gasteiger partial charge in [0.2, 0.25) is 0 Å². The summed E-state index contributed by atoms with van der Waals surface area (Å²) in [6.07, 6.45) is 1.83. The second-order valence-electron chi connectivity index (χ2n) is 7.24. The van der Waals surface area contributed by atoms with Gasteiger partial charge in [-0.25, -0.2) is 0 Å². The average Bonchev–Trinajstić information content (AvgIpc) is 3.08. The molecule has 5 rings (SSSR count). The third-order valence-electron chi connectivity index (χ3n) is 5.03. The Hall–Kier alpha value is -3.06. The molecular weight excluding hydrogens is 358 g/mol. The van der Waals surface area contributed by atoms with Gasteiger partial charge in [-0.15, -0.1) is 0 Å². The molecule has 0 saturated carbocycles. The van der Waals surface area contributed by atoms with Gasteiger partial charge in [-0.3, -0.25) is 9.48 Å². The number of rotatable bonds is 5. The molecule has 0 bridgehead atoms. The number of fused-ring (bicyclic) bond motifs is 2. The molecule has 1 saturated heterocycles. The van der Waals surface area contributed by atoms with Crippen LogP contribution in [0.5, 0.6) is 11.5 Å². The predicted octanol–water partition coefficient (Wildman–Crippen LogP) is 2.25. The molecular formula is C21H21N3O4. The molecule has 2 aliphatic heterocycles. The molecule has 28 heavy (non-hydrogen) atoms. The highest BCUT2D eigenvalue weighted by Gasteiger charge is 2.22. The number of hydrogen-bond donors (Lipinski definition) is 1. The Morgan fingerprint density at radius 3 is 2.82 bits per heavy atom. The van der Waals surface area contributed by atoms with E-state index in [-0.39, 0.29) is 12.0 Å². The van der Waals surface area contributed by atoms with Gasteiger partial charge < -0.3 is 19.5 Å². The molecule has 1 amide bonds. The van der Waals surface area contributed by atoms with Gasteiger partial charge in [0, 0.05) is 29.6 Å². The smallest absolute Gasteiger partial charge is 0.251 e. The first-order valence-electron chi connectivity index (χ1n) is 9.46. The van der Waals surface area contributed by atoms with Crippen LogP contribution in [0.3, 0.4) is 0 Å². The largest absolute Gasteiger partial charge is 0.486 e. The Kier molecular flexibility index (Phi) is 4.37. The van der Waals surface area contributed by atoms with Crippen LogP contribution >= 0.6 is 0 Å². The van der Waals surface area contributed by atoms with Crippen molar-refractivity contribution in [3.63, 3.8) is 0 Å². The van der Waals surface area contributed by atoms with Crippen molar-refractivity contribution in [3.8, 4) is 11.5 Å². The predicted molar refractivity (Wildman–Crippen MR) is 103 cm³/mol. The molecule has 0 radical (unpaired) electrons. The molecule has 0 spiro atoms. The number of nitrogens with zero attached hydrogens (tertiary/aromatic N) is 2. The van der Waals surface area contributed by atoms with Crippen LogP contribution < -0.4 is 14.8 Å². The molecule has 2 aromatic carbocycles. The van der Waals surface area contributed by atoms with Gasteiger partial charge in [0.05, 0.1) is 25.3 Å². The van der Waals surface area contributed by atoms with E-state index in [9.17, 15) is 4.79 Å². The van der Waals surface area contributed by atoms with E-state index in [4.69, 9.17) is 14.2 Å². The highest BCUT2D eigenvalue weighted by Crippen LogP contribution is 2.31. The van der Waals surface area contributed by atoms with E-state index in [0.717, 1.165) is 35.6 Å². The number of carbonyl (C=O) groups is 1. The van der Waals surface area contributed by atoms with E-state index < -0.39 is 0 Å². The Morgan fingerprint density at radius 1 is 1.14 bits per heavy atom. The summed E-state index contributed by atoms with van der Waals surface area (Å²) in [7, 11) is 0. The van der Waals surface area contributed by atoms with Crippen LogP contribution in [-0.2, 0) is 11.3 Å². The highest BCUT2D eigenvalue weighted by atomic mass is 16.6. The standard InChI is InChI=1S/C21H21N3O4/c25-21(22-8-14-11-26-12-14)15-5-6-18-16(7-15)9-24(23-18)10-17-13-27-19-3-1-2-4-20(19)28-17/h1-7,9,14,17H,8,10-13H2,(H,22,25). The molecule has 1 atom stereocenters. The molecule has 1 N–H and O–H groups in total. The van der Waals surface area contributed by atoms with Crippen molar-refractivity contribution in [2.75, 3.05) is 26.4 Å². The van der Waals surface area contributed by atoms with Crippen LogP contribution in [0, 0.1) is 5.92 Å². The van der Waals surface area contributed by atoms with Gasteiger partial charge in [0.15, 0.2) is 17.6 Å². The second kappa shape index (κ2) is 7.16. The minimum atomic E-state index is -0.114. The number of para-hydroxylation sites is 2. The van der Waals surface area contributed by atoms with E-state index in [1.54, 1.807) is 0 Å². The Labute approximate surface area is 162 Å². The first-order valence-corrected chi connectivity index (χ1v) is 9.46. The fraction of sp³-hybridized carbons (Fsp3) is 0.333. The van der Waals surface area contributed by atoms with Crippen molar-refractivity contribution in [1.82, 2.24) is 15.1 Å². The molecule has 144 valence electrons. The number of nitrogens with one attached hydrogen (secondary N) is 1. The minimum absolute atomic E-state index is 0.0674. The average molecular weight is 379 g/mol. The van der Waals surface area contributed by atoms with Gasteiger partial charge >= 0.3 is 0 Å². The lowest BCUT2D eigenvalue weighted by molar-refractivity contribution is -0.0298. The molecule has 3 aromatic rings. The highest BCUT2D eigenvalue weighted by molar-refractivity contribution is 5.97. The Balaban J connectivity index is 1.27. The molecule has 2 aliphatic rings. The number of hydrogen-bond acceptors (Lipinski definition) is 5. The van der Waals surface area contributed by atoms with Gasteiger partial charge in [-0.2, -0.15) is 5.10 Å². The normalized spacial score (nSPS) is 18.6. The molecule has 0 aliphatic carbocycles.